The molecule has 1 aliphatic carbocycles. The fourth-order valence-corrected chi connectivity index (χ4v) is 2.58. The van der Waals surface area contributed by atoms with Crippen LogP contribution in [0.3, 0.4) is 0 Å². The molecule has 0 aromatic heterocycles. The standard InChI is InChI=1S/C19H14O4/c1-23-19(22)17-11-14(15-4-2-3-5-16(15)17)10-12-6-8-13(9-7-12)18(20)21/h2-11H,1H3,(H,20,21). The molecule has 0 radical (unpaired) electrons. The number of carboxylic acids is 1. The highest BCUT2D eigenvalue weighted by Crippen LogP contribution is 2.36. The smallest absolute Gasteiger partial charge is 0.338 e. The number of rotatable bonds is 3. The van der Waals surface area contributed by atoms with Crippen molar-refractivity contribution < 1.29 is 19.4 Å². The number of ether oxygens (including phenoxy) is 1. The van der Waals surface area contributed by atoms with Crippen molar-refractivity contribution in [2.75, 3.05) is 7.11 Å². The fourth-order valence-electron chi connectivity index (χ4n) is 2.58. The molecule has 23 heavy (non-hydrogen) atoms. The number of carbonyl (C=O) groups is 2. The second-order valence-electron chi connectivity index (χ2n) is 5.12. The van der Waals surface area contributed by atoms with E-state index in [4.69, 9.17) is 9.84 Å². The molecule has 0 unspecified atom stereocenters. The molecule has 2 aromatic rings. The van der Waals surface area contributed by atoms with Gasteiger partial charge in [-0.25, -0.2) is 9.59 Å². The van der Waals surface area contributed by atoms with Gasteiger partial charge in [0.05, 0.1) is 18.2 Å². The lowest BCUT2D eigenvalue weighted by Gasteiger charge is -2.03. The summed E-state index contributed by atoms with van der Waals surface area (Å²) in [6, 6.07) is 14.2. The SMILES string of the molecule is COC(=O)C1=CC(=Cc2ccc(C(=O)O)cc2)c2ccccc21. The third-order valence-corrected chi connectivity index (χ3v) is 3.71. The van der Waals surface area contributed by atoms with Crippen LogP contribution in [-0.2, 0) is 9.53 Å². The minimum atomic E-state index is -0.955. The van der Waals surface area contributed by atoms with Crippen LogP contribution in [0, 0.1) is 0 Å². The Morgan fingerprint density at radius 3 is 2.26 bits per heavy atom. The molecular weight excluding hydrogens is 292 g/mol. The Kier molecular flexibility index (Phi) is 3.81. The van der Waals surface area contributed by atoms with Crippen molar-refractivity contribution >= 4 is 29.2 Å². The molecule has 0 saturated carbocycles. The van der Waals surface area contributed by atoms with E-state index in [1.54, 1.807) is 30.3 Å². The number of esters is 1. The molecule has 1 N–H and O–H groups in total. The van der Waals surface area contributed by atoms with E-state index in [0.29, 0.717) is 5.57 Å². The summed E-state index contributed by atoms with van der Waals surface area (Å²) in [5.74, 6) is -1.33. The predicted octanol–water partition coefficient (Wildman–Crippen LogP) is 3.50. The van der Waals surface area contributed by atoms with Gasteiger partial charge in [0.1, 0.15) is 0 Å². The number of aromatic carboxylic acids is 1. The van der Waals surface area contributed by atoms with Gasteiger partial charge in [0.2, 0.25) is 0 Å². The number of allylic oxidation sites excluding steroid dienone is 2. The maximum atomic E-state index is 11.9. The molecule has 0 fully saturated rings. The lowest BCUT2D eigenvalue weighted by molar-refractivity contribution is -0.133. The van der Waals surface area contributed by atoms with E-state index in [-0.39, 0.29) is 11.5 Å². The lowest BCUT2D eigenvalue weighted by Crippen LogP contribution is -2.02. The third kappa shape index (κ3) is 2.79. The molecule has 4 heteroatoms. The first kappa shape index (κ1) is 14.8. The molecule has 2 aromatic carbocycles. The van der Waals surface area contributed by atoms with E-state index in [0.717, 1.165) is 22.3 Å². The van der Waals surface area contributed by atoms with Crippen LogP contribution in [0.5, 0.6) is 0 Å². The number of methoxy groups -OCH3 is 1. The van der Waals surface area contributed by atoms with Crippen molar-refractivity contribution in [3.63, 3.8) is 0 Å². The normalized spacial score (nSPS) is 14.3. The van der Waals surface area contributed by atoms with Crippen LogP contribution in [0.2, 0.25) is 0 Å². The highest BCUT2D eigenvalue weighted by molar-refractivity contribution is 6.24. The lowest BCUT2D eigenvalue weighted by atomic mass is 10.0. The fraction of sp³-hybridized carbons (Fsp3) is 0.0526. The van der Waals surface area contributed by atoms with Gasteiger partial charge in [-0.2, -0.15) is 0 Å². The number of fused-ring (bicyclic) bond motifs is 1. The van der Waals surface area contributed by atoms with Crippen LogP contribution in [0.15, 0.2) is 54.6 Å². The first-order valence-corrected chi connectivity index (χ1v) is 7.05. The van der Waals surface area contributed by atoms with Crippen LogP contribution in [0.25, 0.3) is 17.2 Å². The Bertz CT molecular complexity index is 842. The topological polar surface area (TPSA) is 63.6 Å². The minimum absolute atomic E-state index is 0.241. The summed E-state index contributed by atoms with van der Waals surface area (Å²) in [5.41, 5.74) is 4.32. The van der Waals surface area contributed by atoms with Crippen molar-refractivity contribution in [3.8, 4) is 0 Å². The van der Waals surface area contributed by atoms with Gasteiger partial charge in [0.15, 0.2) is 0 Å². The van der Waals surface area contributed by atoms with Gasteiger partial charge in [0, 0.05) is 0 Å². The van der Waals surface area contributed by atoms with Crippen molar-refractivity contribution in [1.29, 1.82) is 0 Å². The average molecular weight is 306 g/mol. The van der Waals surface area contributed by atoms with Gasteiger partial charge in [0.25, 0.3) is 0 Å². The van der Waals surface area contributed by atoms with Gasteiger partial charge >= 0.3 is 11.9 Å². The van der Waals surface area contributed by atoms with Gasteiger partial charge in [-0.05, 0) is 46.5 Å². The van der Waals surface area contributed by atoms with Gasteiger partial charge < -0.3 is 9.84 Å². The molecule has 0 atom stereocenters. The zero-order valence-electron chi connectivity index (χ0n) is 12.4. The first-order chi connectivity index (χ1) is 11.1. The van der Waals surface area contributed by atoms with Crippen molar-refractivity contribution in [2.24, 2.45) is 0 Å². The molecule has 0 bridgehead atoms. The molecule has 4 nitrogen and oxygen atoms in total. The third-order valence-electron chi connectivity index (χ3n) is 3.71. The number of hydrogen-bond acceptors (Lipinski definition) is 3. The van der Waals surface area contributed by atoms with Crippen molar-refractivity contribution in [1.82, 2.24) is 0 Å². The summed E-state index contributed by atoms with van der Waals surface area (Å²) in [5, 5.41) is 8.94. The zero-order valence-corrected chi connectivity index (χ0v) is 12.4. The van der Waals surface area contributed by atoms with Gasteiger partial charge in [-0.1, -0.05) is 36.4 Å². The van der Waals surface area contributed by atoms with E-state index >= 15 is 0 Å². The quantitative estimate of drug-likeness (QED) is 0.882. The number of hydrogen-bond donors (Lipinski definition) is 1. The number of benzene rings is 2. The predicted molar refractivity (Wildman–Crippen MR) is 87.7 cm³/mol. The molecule has 0 spiro atoms. The summed E-state index contributed by atoms with van der Waals surface area (Å²) in [6.07, 6.45) is 3.71. The molecule has 0 amide bonds. The molecular formula is C19H14O4. The van der Waals surface area contributed by atoms with E-state index in [2.05, 4.69) is 0 Å². The molecule has 0 aliphatic heterocycles. The Morgan fingerprint density at radius 1 is 1.00 bits per heavy atom. The highest BCUT2D eigenvalue weighted by Gasteiger charge is 2.23. The second kappa shape index (κ2) is 5.93. The second-order valence-corrected chi connectivity index (χ2v) is 5.12. The van der Waals surface area contributed by atoms with Crippen LogP contribution in [0.4, 0.5) is 0 Å². The maximum Gasteiger partial charge on any atom is 0.338 e. The molecule has 3 rings (SSSR count). The summed E-state index contributed by atoms with van der Waals surface area (Å²) in [7, 11) is 1.36. The van der Waals surface area contributed by atoms with Crippen LogP contribution in [0.1, 0.15) is 27.0 Å². The van der Waals surface area contributed by atoms with Crippen molar-refractivity contribution in [3.05, 3.63) is 76.9 Å². The van der Waals surface area contributed by atoms with Gasteiger partial charge in [-0.15, -0.1) is 0 Å². The summed E-state index contributed by atoms with van der Waals surface area (Å²) in [4.78, 5) is 22.8. The van der Waals surface area contributed by atoms with Gasteiger partial charge in [-0.3, -0.25) is 0 Å². The number of carboxylic acid groups (broad SMARTS) is 1. The zero-order chi connectivity index (χ0) is 16.4. The van der Waals surface area contributed by atoms with E-state index in [1.807, 2.05) is 30.3 Å². The summed E-state index contributed by atoms with van der Waals surface area (Å²) in [6.45, 7) is 0. The van der Waals surface area contributed by atoms with Crippen molar-refractivity contribution in [2.45, 2.75) is 0 Å². The van der Waals surface area contributed by atoms with Crippen LogP contribution < -0.4 is 0 Å². The minimum Gasteiger partial charge on any atom is -0.478 e. The van der Waals surface area contributed by atoms with E-state index < -0.39 is 5.97 Å². The maximum absolute atomic E-state index is 11.9. The monoisotopic (exact) mass is 306 g/mol. The summed E-state index contributed by atoms with van der Waals surface area (Å²) >= 11 is 0. The highest BCUT2D eigenvalue weighted by atomic mass is 16.5. The Balaban J connectivity index is 2.03. The first-order valence-electron chi connectivity index (χ1n) is 7.05. The largest absolute Gasteiger partial charge is 0.478 e. The Hall–Kier alpha value is -3.14. The van der Waals surface area contributed by atoms with E-state index in [9.17, 15) is 9.59 Å². The van der Waals surface area contributed by atoms with E-state index in [1.165, 1.54) is 7.11 Å². The average Bonchev–Trinajstić information content (AvgIpc) is 2.93. The van der Waals surface area contributed by atoms with Crippen LogP contribution >= 0.6 is 0 Å². The molecule has 0 saturated heterocycles. The number of carbonyl (C=O) groups excluding carboxylic acids is 1. The Morgan fingerprint density at radius 2 is 1.65 bits per heavy atom. The molecule has 1 aliphatic rings. The van der Waals surface area contributed by atoms with Crippen LogP contribution in [-0.4, -0.2) is 24.2 Å². The molecule has 0 heterocycles. The molecule has 114 valence electrons. The summed E-state index contributed by atoms with van der Waals surface area (Å²) < 4.78 is 4.83. The Labute approximate surface area is 133 Å².